The lowest BCUT2D eigenvalue weighted by Crippen LogP contribution is -2.48. The Hall–Kier alpha value is -1.92. The van der Waals surface area contributed by atoms with Crippen LogP contribution in [0.25, 0.3) is 0 Å². The van der Waals surface area contributed by atoms with Gasteiger partial charge in [-0.15, -0.1) is 0 Å². The molecule has 3 aliphatic rings. The predicted octanol–water partition coefficient (Wildman–Crippen LogP) is 2.24. The molecule has 0 radical (unpaired) electrons. The molecule has 0 spiro atoms. The first-order chi connectivity index (χ1) is 13.9. The van der Waals surface area contributed by atoms with E-state index >= 15 is 0 Å². The van der Waals surface area contributed by atoms with Crippen LogP contribution in [0.4, 0.5) is 0 Å². The van der Waals surface area contributed by atoms with E-state index in [0.29, 0.717) is 24.3 Å². The van der Waals surface area contributed by atoms with Crippen LogP contribution in [0.5, 0.6) is 0 Å². The van der Waals surface area contributed by atoms with Gasteiger partial charge in [0.05, 0.1) is 12.5 Å². The molecular weight excluding hydrogens is 368 g/mol. The standard InChI is InChI=1S/C22H32N2O2.CH2O2/c1-15-5-6-16(2)17(9-15)12-22(26)24-13-18-10-20(23-7-3-4-8-23)21(25)11-19(18)14-24;2-1-3/h5-6,9,18-21,25H,3-4,7-8,10-14H2,1-2H3;1H,(H,2,3)/t18-,19+,20-,21-;/m1./s1. The summed E-state index contributed by atoms with van der Waals surface area (Å²) in [6.45, 7) is 7.90. The summed E-state index contributed by atoms with van der Waals surface area (Å²) in [6, 6.07) is 6.67. The molecule has 2 aliphatic heterocycles. The van der Waals surface area contributed by atoms with Gasteiger partial charge in [0.25, 0.3) is 6.47 Å². The zero-order valence-corrected chi connectivity index (χ0v) is 17.6. The molecule has 2 heterocycles. The number of aryl methyl sites for hydroxylation is 2. The Kier molecular flexibility index (Phi) is 7.30. The van der Waals surface area contributed by atoms with Crippen LogP contribution in [0.2, 0.25) is 0 Å². The molecule has 6 nitrogen and oxygen atoms in total. The first-order valence-electron chi connectivity index (χ1n) is 10.8. The van der Waals surface area contributed by atoms with Crippen LogP contribution < -0.4 is 0 Å². The molecule has 1 amide bonds. The Morgan fingerprint density at radius 3 is 2.41 bits per heavy atom. The maximum absolute atomic E-state index is 12.9. The van der Waals surface area contributed by atoms with Gasteiger partial charge in [-0.3, -0.25) is 14.5 Å². The fourth-order valence-corrected chi connectivity index (χ4v) is 5.34. The van der Waals surface area contributed by atoms with E-state index in [1.54, 1.807) is 0 Å². The molecule has 0 aromatic heterocycles. The third-order valence-corrected chi connectivity index (χ3v) is 6.92. The number of likely N-dealkylation sites (tertiary alicyclic amines) is 2. The van der Waals surface area contributed by atoms with Gasteiger partial charge in [-0.05, 0) is 75.6 Å². The van der Waals surface area contributed by atoms with Crippen molar-refractivity contribution in [2.45, 2.75) is 58.1 Å². The highest BCUT2D eigenvalue weighted by Crippen LogP contribution is 2.39. The van der Waals surface area contributed by atoms with E-state index in [1.165, 1.54) is 24.0 Å². The second-order valence-corrected chi connectivity index (χ2v) is 8.88. The number of hydrogen-bond acceptors (Lipinski definition) is 4. The molecule has 6 heteroatoms. The number of hydrogen-bond donors (Lipinski definition) is 2. The minimum atomic E-state index is -0.250. The van der Waals surface area contributed by atoms with Crippen LogP contribution in [0.1, 0.15) is 42.4 Å². The molecule has 2 N–H and O–H groups in total. The maximum atomic E-state index is 12.9. The van der Waals surface area contributed by atoms with Gasteiger partial charge in [-0.1, -0.05) is 23.8 Å². The normalized spacial score (nSPS) is 29.1. The van der Waals surface area contributed by atoms with Gasteiger partial charge < -0.3 is 15.1 Å². The molecule has 1 aromatic rings. The van der Waals surface area contributed by atoms with E-state index < -0.39 is 0 Å². The first-order valence-corrected chi connectivity index (χ1v) is 10.8. The third-order valence-electron chi connectivity index (χ3n) is 6.92. The van der Waals surface area contributed by atoms with Crippen LogP contribution in [-0.4, -0.2) is 70.7 Å². The summed E-state index contributed by atoms with van der Waals surface area (Å²) in [6.07, 6.45) is 4.72. The molecule has 1 saturated carbocycles. The zero-order valence-electron chi connectivity index (χ0n) is 17.6. The van der Waals surface area contributed by atoms with Gasteiger partial charge in [-0.25, -0.2) is 0 Å². The third kappa shape index (κ3) is 5.17. The molecule has 4 rings (SSSR count). The number of fused-ring (bicyclic) bond motifs is 1. The summed E-state index contributed by atoms with van der Waals surface area (Å²) >= 11 is 0. The summed E-state index contributed by atoms with van der Waals surface area (Å²) in [5, 5.41) is 17.5. The Morgan fingerprint density at radius 2 is 1.76 bits per heavy atom. The number of carbonyl (C=O) groups is 2. The number of amides is 1. The number of aliphatic hydroxyl groups is 1. The van der Waals surface area contributed by atoms with E-state index in [2.05, 4.69) is 41.8 Å². The van der Waals surface area contributed by atoms with E-state index in [9.17, 15) is 9.90 Å². The smallest absolute Gasteiger partial charge is 0.290 e. The van der Waals surface area contributed by atoms with Gasteiger partial charge in [0, 0.05) is 19.1 Å². The lowest BCUT2D eigenvalue weighted by atomic mass is 9.77. The Morgan fingerprint density at radius 1 is 1.14 bits per heavy atom. The molecule has 0 bridgehead atoms. The van der Waals surface area contributed by atoms with E-state index in [0.717, 1.165) is 44.6 Å². The van der Waals surface area contributed by atoms with Gasteiger partial charge in [0.2, 0.25) is 5.91 Å². The van der Waals surface area contributed by atoms with Crippen LogP contribution in [0.3, 0.4) is 0 Å². The molecular formula is C23H34N2O4. The number of carboxylic acid groups (broad SMARTS) is 1. The monoisotopic (exact) mass is 402 g/mol. The molecule has 3 fully saturated rings. The van der Waals surface area contributed by atoms with Crippen molar-refractivity contribution >= 4 is 12.4 Å². The Bertz CT molecular complexity index is 717. The van der Waals surface area contributed by atoms with Crippen LogP contribution in [0, 0.1) is 25.7 Å². The number of nitrogens with zero attached hydrogens (tertiary/aromatic N) is 2. The molecule has 4 atom stereocenters. The van der Waals surface area contributed by atoms with Crippen LogP contribution in [-0.2, 0) is 16.0 Å². The van der Waals surface area contributed by atoms with Crippen molar-refractivity contribution in [3.63, 3.8) is 0 Å². The van der Waals surface area contributed by atoms with Crippen molar-refractivity contribution in [3.05, 3.63) is 34.9 Å². The molecule has 2 saturated heterocycles. The van der Waals surface area contributed by atoms with Crippen molar-refractivity contribution in [2.75, 3.05) is 26.2 Å². The number of aliphatic hydroxyl groups excluding tert-OH is 1. The van der Waals surface area contributed by atoms with Gasteiger partial charge in [-0.2, -0.15) is 0 Å². The number of carbonyl (C=O) groups excluding carboxylic acids is 1. The largest absolute Gasteiger partial charge is 0.483 e. The lowest BCUT2D eigenvalue weighted by Gasteiger charge is -2.40. The van der Waals surface area contributed by atoms with Crippen LogP contribution in [0.15, 0.2) is 18.2 Å². The average Bonchev–Trinajstić information content (AvgIpc) is 3.34. The summed E-state index contributed by atoms with van der Waals surface area (Å²) in [4.78, 5) is 25.8. The summed E-state index contributed by atoms with van der Waals surface area (Å²) in [5.41, 5.74) is 3.56. The highest BCUT2D eigenvalue weighted by atomic mass is 16.3. The average molecular weight is 403 g/mol. The van der Waals surface area contributed by atoms with Crippen LogP contribution >= 0.6 is 0 Å². The predicted molar refractivity (Wildman–Crippen MR) is 112 cm³/mol. The highest BCUT2D eigenvalue weighted by molar-refractivity contribution is 5.79. The van der Waals surface area contributed by atoms with Gasteiger partial charge in [0.1, 0.15) is 0 Å². The molecule has 1 aromatic carbocycles. The second kappa shape index (κ2) is 9.72. The minimum Gasteiger partial charge on any atom is -0.483 e. The second-order valence-electron chi connectivity index (χ2n) is 8.88. The van der Waals surface area contributed by atoms with E-state index in [4.69, 9.17) is 9.90 Å². The SMILES string of the molecule is Cc1ccc(C)c(CC(=O)N2C[C@H]3C[C@@H](N4CCCC4)[C@H](O)C[C@H]3C2)c1.O=CO. The minimum absolute atomic E-state index is 0.219. The molecule has 1 aliphatic carbocycles. The summed E-state index contributed by atoms with van der Waals surface area (Å²) in [7, 11) is 0. The lowest BCUT2D eigenvalue weighted by molar-refractivity contribution is -0.129. The van der Waals surface area contributed by atoms with Crippen molar-refractivity contribution in [2.24, 2.45) is 11.8 Å². The van der Waals surface area contributed by atoms with Crippen molar-refractivity contribution in [1.29, 1.82) is 0 Å². The highest BCUT2D eigenvalue weighted by Gasteiger charge is 2.44. The molecule has 29 heavy (non-hydrogen) atoms. The van der Waals surface area contributed by atoms with Gasteiger partial charge in [0.15, 0.2) is 0 Å². The van der Waals surface area contributed by atoms with E-state index in [-0.39, 0.29) is 18.5 Å². The first kappa shape index (κ1) is 21.8. The fraction of sp³-hybridized carbons (Fsp3) is 0.652. The fourth-order valence-electron chi connectivity index (χ4n) is 5.34. The topological polar surface area (TPSA) is 81.1 Å². The molecule has 160 valence electrons. The van der Waals surface area contributed by atoms with E-state index in [1.807, 2.05) is 0 Å². The number of benzene rings is 1. The van der Waals surface area contributed by atoms with Crippen molar-refractivity contribution in [3.8, 4) is 0 Å². The number of rotatable bonds is 3. The maximum Gasteiger partial charge on any atom is 0.290 e. The Balaban J connectivity index is 0.000000755. The zero-order chi connectivity index (χ0) is 21.0. The Labute approximate surface area is 173 Å². The molecule has 0 unspecified atom stereocenters. The van der Waals surface area contributed by atoms with Crippen molar-refractivity contribution in [1.82, 2.24) is 9.80 Å². The summed E-state index contributed by atoms with van der Waals surface area (Å²) < 4.78 is 0. The quantitative estimate of drug-likeness (QED) is 0.758. The summed E-state index contributed by atoms with van der Waals surface area (Å²) in [5.74, 6) is 1.29. The van der Waals surface area contributed by atoms with Gasteiger partial charge >= 0.3 is 0 Å². The van der Waals surface area contributed by atoms with Crippen molar-refractivity contribution < 1.29 is 19.8 Å².